The molecule has 0 bridgehead atoms. The molecule has 0 saturated heterocycles. The van der Waals surface area contributed by atoms with E-state index in [4.69, 9.17) is 0 Å². The molecule has 0 spiro atoms. The Labute approximate surface area is 264 Å². The largest absolute Gasteiger partial charge is 0.288 e. The summed E-state index contributed by atoms with van der Waals surface area (Å²) < 4.78 is 0. The SMILES string of the molecule is Cc1cc(C=C2C(=O)c3ccccc3C2=O)sc1-c1ccc2c(c1)C(C)(C)c1cc(C=C3C(=O)c4ccccc4C3=O)ccc1-2. The molecule has 0 amide bonds. The molecule has 8 rings (SSSR count). The number of carbonyl (C=O) groups excluding carboxylic acids is 4. The third kappa shape index (κ3) is 3.97. The maximum absolute atomic E-state index is 13.0. The Hall–Kier alpha value is -5.26. The normalized spacial score (nSPS) is 15.7. The average Bonchev–Trinajstić information content (AvgIpc) is 3.69. The first-order chi connectivity index (χ1) is 21.6. The Morgan fingerprint density at radius 1 is 0.556 bits per heavy atom. The van der Waals surface area contributed by atoms with Gasteiger partial charge in [0, 0.05) is 37.4 Å². The minimum Gasteiger partial charge on any atom is -0.288 e. The molecule has 5 heteroatoms. The van der Waals surface area contributed by atoms with E-state index in [9.17, 15) is 19.2 Å². The van der Waals surface area contributed by atoms with Gasteiger partial charge in [0.15, 0.2) is 23.1 Å². The van der Waals surface area contributed by atoms with Crippen LogP contribution in [0.25, 0.3) is 33.7 Å². The van der Waals surface area contributed by atoms with Crippen molar-refractivity contribution in [2.75, 3.05) is 0 Å². The summed E-state index contributed by atoms with van der Waals surface area (Å²) in [6.07, 6.45) is 3.45. The van der Waals surface area contributed by atoms with Crippen molar-refractivity contribution in [3.63, 3.8) is 0 Å². The zero-order chi connectivity index (χ0) is 31.2. The molecule has 0 aliphatic heterocycles. The zero-order valence-corrected chi connectivity index (χ0v) is 25.7. The minimum atomic E-state index is -0.313. The summed E-state index contributed by atoms with van der Waals surface area (Å²) in [4.78, 5) is 53.9. The lowest BCUT2D eigenvalue weighted by Crippen LogP contribution is -2.15. The summed E-state index contributed by atoms with van der Waals surface area (Å²) in [6.45, 7) is 6.45. The lowest BCUT2D eigenvalue weighted by atomic mass is 9.81. The van der Waals surface area contributed by atoms with Crippen LogP contribution >= 0.6 is 11.3 Å². The number of allylic oxidation sites excluding steroid dienone is 2. The van der Waals surface area contributed by atoms with Crippen LogP contribution in [-0.2, 0) is 5.41 Å². The second-order valence-electron chi connectivity index (χ2n) is 12.4. The van der Waals surface area contributed by atoms with Crippen molar-refractivity contribution < 1.29 is 19.2 Å². The first kappa shape index (κ1) is 27.3. The van der Waals surface area contributed by atoms with E-state index in [0.29, 0.717) is 22.3 Å². The molecule has 1 heterocycles. The van der Waals surface area contributed by atoms with E-state index < -0.39 is 0 Å². The quantitative estimate of drug-likeness (QED) is 0.153. The van der Waals surface area contributed by atoms with Crippen molar-refractivity contribution in [1.82, 2.24) is 0 Å². The molecule has 0 saturated carbocycles. The summed E-state index contributed by atoms with van der Waals surface area (Å²) in [7, 11) is 0. The highest BCUT2D eigenvalue weighted by molar-refractivity contribution is 7.16. The second-order valence-corrected chi connectivity index (χ2v) is 13.5. The molecule has 4 aromatic carbocycles. The number of fused-ring (bicyclic) bond motifs is 5. The highest BCUT2D eigenvalue weighted by Gasteiger charge is 2.37. The van der Waals surface area contributed by atoms with E-state index in [1.54, 1.807) is 72.0 Å². The molecule has 4 nitrogen and oxygen atoms in total. The Balaban J connectivity index is 1.13. The van der Waals surface area contributed by atoms with Crippen molar-refractivity contribution in [1.29, 1.82) is 0 Å². The standard InChI is InChI=1S/C40H26O4S/c1-21-16-24(20-32-37(43)29-10-6-7-11-30(29)38(32)44)45-39(21)23-13-15-26-25-14-12-22(18-33(25)40(2,3)34(26)19-23)17-31-35(41)27-8-4-5-9-28(27)36(31)42/h4-20H,1-3H3. The molecule has 0 radical (unpaired) electrons. The fraction of sp³-hybridized carbons (Fsp3) is 0.100. The van der Waals surface area contributed by atoms with E-state index in [1.807, 2.05) is 12.1 Å². The van der Waals surface area contributed by atoms with E-state index in [-0.39, 0.29) is 39.7 Å². The van der Waals surface area contributed by atoms with Gasteiger partial charge in [-0.15, -0.1) is 11.3 Å². The van der Waals surface area contributed by atoms with E-state index >= 15 is 0 Å². The number of Topliss-reactive ketones (excluding diaryl/α,β-unsaturated/α-hetero) is 4. The lowest BCUT2D eigenvalue weighted by molar-refractivity contribution is 0.0975. The van der Waals surface area contributed by atoms with Crippen LogP contribution in [0.15, 0.2) is 102 Å². The summed E-state index contributed by atoms with van der Waals surface area (Å²) in [5.74, 6) is -0.894. The van der Waals surface area contributed by atoms with Gasteiger partial charge in [-0.1, -0.05) is 92.7 Å². The van der Waals surface area contributed by atoms with Crippen LogP contribution in [-0.4, -0.2) is 23.1 Å². The van der Waals surface area contributed by atoms with Crippen LogP contribution < -0.4 is 0 Å². The lowest BCUT2D eigenvalue weighted by Gasteiger charge is -2.22. The maximum atomic E-state index is 13.0. The predicted molar refractivity (Wildman–Crippen MR) is 178 cm³/mol. The molecular formula is C40H26O4S. The molecule has 1 aromatic heterocycles. The van der Waals surface area contributed by atoms with Crippen molar-refractivity contribution in [3.05, 3.63) is 152 Å². The highest BCUT2D eigenvalue weighted by atomic mass is 32.1. The third-order valence-corrected chi connectivity index (χ3v) is 10.5. The fourth-order valence-corrected chi connectivity index (χ4v) is 8.08. The molecule has 216 valence electrons. The van der Waals surface area contributed by atoms with Gasteiger partial charge in [0.05, 0.1) is 11.1 Å². The number of benzene rings is 4. The number of aryl methyl sites for hydroxylation is 1. The van der Waals surface area contributed by atoms with Crippen LogP contribution in [0, 0.1) is 6.92 Å². The molecule has 3 aliphatic rings. The molecule has 0 fully saturated rings. The number of rotatable bonds is 3. The summed E-state index contributed by atoms with van der Waals surface area (Å²) >= 11 is 1.57. The van der Waals surface area contributed by atoms with Crippen LogP contribution in [0.5, 0.6) is 0 Å². The number of ketones is 4. The zero-order valence-electron chi connectivity index (χ0n) is 24.9. The molecular weight excluding hydrogens is 577 g/mol. The van der Waals surface area contributed by atoms with Crippen LogP contribution in [0.3, 0.4) is 0 Å². The fourth-order valence-electron chi connectivity index (χ4n) is 6.97. The summed E-state index contributed by atoms with van der Waals surface area (Å²) in [6, 6.07) is 28.7. The predicted octanol–water partition coefficient (Wildman–Crippen LogP) is 8.96. The average molecular weight is 603 g/mol. The smallest absolute Gasteiger partial charge is 0.197 e. The minimum absolute atomic E-state index is 0.204. The van der Waals surface area contributed by atoms with Gasteiger partial charge >= 0.3 is 0 Å². The maximum Gasteiger partial charge on any atom is 0.197 e. The van der Waals surface area contributed by atoms with Crippen LogP contribution in [0.4, 0.5) is 0 Å². The number of hydrogen-bond acceptors (Lipinski definition) is 5. The first-order valence-corrected chi connectivity index (χ1v) is 15.7. The molecule has 0 atom stereocenters. The first-order valence-electron chi connectivity index (χ1n) is 14.8. The van der Waals surface area contributed by atoms with Gasteiger partial charge in [0.1, 0.15) is 0 Å². The topological polar surface area (TPSA) is 68.3 Å². The Morgan fingerprint density at radius 2 is 1.04 bits per heavy atom. The summed E-state index contributed by atoms with van der Waals surface area (Å²) in [5.41, 5.74) is 9.59. The Morgan fingerprint density at radius 3 is 1.60 bits per heavy atom. The highest BCUT2D eigenvalue weighted by Crippen LogP contribution is 2.51. The van der Waals surface area contributed by atoms with E-state index in [2.05, 4.69) is 51.1 Å². The van der Waals surface area contributed by atoms with Crippen LogP contribution in [0.1, 0.15) is 82.4 Å². The second kappa shape index (κ2) is 9.62. The van der Waals surface area contributed by atoms with Crippen LogP contribution in [0.2, 0.25) is 0 Å². The van der Waals surface area contributed by atoms with Gasteiger partial charge in [-0.25, -0.2) is 0 Å². The molecule has 5 aromatic rings. The monoisotopic (exact) mass is 602 g/mol. The summed E-state index contributed by atoms with van der Waals surface area (Å²) in [5, 5.41) is 0. The van der Waals surface area contributed by atoms with Gasteiger partial charge in [-0.2, -0.15) is 0 Å². The number of thiophene rings is 1. The molecule has 0 unspecified atom stereocenters. The van der Waals surface area contributed by atoms with Crippen molar-refractivity contribution >= 4 is 46.6 Å². The molecule has 0 N–H and O–H groups in total. The molecule has 45 heavy (non-hydrogen) atoms. The van der Waals surface area contributed by atoms with Crippen molar-refractivity contribution in [2.24, 2.45) is 0 Å². The van der Waals surface area contributed by atoms with Crippen molar-refractivity contribution in [3.8, 4) is 21.6 Å². The van der Waals surface area contributed by atoms with Crippen molar-refractivity contribution in [2.45, 2.75) is 26.2 Å². The Kier molecular flexibility index (Phi) is 5.84. The van der Waals surface area contributed by atoms with E-state index in [0.717, 1.165) is 43.1 Å². The van der Waals surface area contributed by atoms with Gasteiger partial charge in [-0.3, -0.25) is 19.2 Å². The number of hydrogen-bond donors (Lipinski definition) is 0. The van der Waals surface area contributed by atoms with Gasteiger partial charge in [0.2, 0.25) is 0 Å². The van der Waals surface area contributed by atoms with Gasteiger partial charge in [-0.05, 0) is 70.2 Å². The third-order valence-electron chi connectivity index (χ3n) is 9.31. The molecule has 3 aliphatic carbocycles. The Bertz CT molecular complexity index is 2200. The number of carbonyl (C=O) groups is 4. The van der Waals surface area contributed by atoms with Gasteiger partial charge < -0.3 is 0 Å². The van der Waals surface area contributed by atoms with Gasteiger partial charge in [0.25, 0.3) is 0 Å². The van der Waals surface area contributed by atoms with E-state index in [1.165, 1.54) is 5.56 Å².